The number of phenols is 1. The highest BCUT2D eigenvalue weighted by atomic mass is 16.3. The summed E-state index contributed by atoms with van der Waals surface area (Å²) in [6, 6.07) is 29.5. The molecule has 0 unspecified atom stereocenters. The van der Waals surface area contributed by atoms with E-state index in [0.717, 1.165) is 61.3 Å². The van der Waals surface area contributed by atoms with Gasteiger partial charge in [-0.1, -0.05) is 190 Å². The van der Waals surface area contributed by atoms with Crippen molar-refractivity contribution in [1.29, 1.82) is 0 Å². The van der Waals surface area contributed by atoms with Gasteiger partial charge in [0.25, 0.3) is 0 Å². The number of hydrogen-bond acceptors (Lipinski definition) is 3. The summed E-state index contributed by atoms with van der Waals surface area (Å²) in [6.07, 6.45) is -0.451. The lowest BCUT2D eigenvalue weighted by molar-refractivity contribution is 0.446. The second-order valence-electron chi connectivity index (χ2n) is 23.3. The number of fused-ring (bicyclic) bond motifs is 1. The summed E-state index contributed by atoms with van der Waals surface area (Å²) < 4.78 is 66.5. The molecule has 0 spiro atoms. The van der Waals surface area contributed by atoms with Crippen LogP contribution >= 0.6 is 0 Å². The molecule has 0 bridgehead atoms. The third-order valence-electron chi connectivity index (χ3n) is 13.1. The molecule has 0 saturated heterocycles. The minimum atomic E-state index is -0.717. The van der Waals surface area contributed by atoms with Crippen LogP contribution < -0.4 is 0 Å². The molecule has 0 saturated carbocycles. The highest BCUT2D eigenvalue weighted by Crippen LogP contribution is 2.47. The Kier molecular flexibility index (Phi) is 10.3. The first-order valence-electron chi connectivity index (χ1n) is 27.6. The molecule has 2 heterocycles. The molecule has 4 nitrogen and oxygen atoms in total. The highest BCUT2D eigenvalue weighted by molar-refractivity contribution is 5.97. The van der Waals surface area contributed by atoms with Crippen LogP contribution in [0.3, 0.4) is 0 Å². The SMILES string of the molecule is [2H]c1nc(-c2cc(-c3cccc4c3nc(-c3cc(C(C)(C)C)cc(C(C)(C)C)c3O)n4-c3c(C(C)C)cc(-c4ccccc4)cc3C(C)C)cc(C(C)(C)C)c2)c([2H])c(-c2c([2H])c([2H])c(C(C)(C)C)c([2H])c2[2H])c1[2H]. The molecule has 8 rings (SSSR count). The number of para-hydroxylation sites is 1. The summed E-state index contributed by atoms with van der Waals surface area (Å²) in [7, 11) is 0. The van der Waals surface area contributed by atoms with Crippen LogP contribution in [0.2, 0.25) is 0 Å². The lowest BCUT2D eigenvalue weighted by atomic mass is 9.78. The summed E-state index contributed by atoms with van der Waals surface area (Å²) in [5, 5.41) is 12.7. The van der Waals surface area contributed by atoms with E-state index in [9.17, 15) is 6.48 Å². The molecule has 8 aromatic rings. The number of aromatic nitrogens is 3. The number of nitrogens with zero attached hydrogens (tertiary/aromatic N) is 3. The molecule has 68 heavy (non-hydrogen) atoms. The monoisotopic (exact) mass is 907 g/mol. The Bertz CT molecular complexity index is 3510. The fourth-order valence-corrected chi connectivity index (χ4v) is 8.91. The van der Waals surface area contributed by atoms with Crippen LogP contribution in [0.5, 0.6) is 5.75 Å². The van der Waals surface area contributed by atoms with Crippen molar-refractivity contribution in [1.82, 2.24) is 14.5 Å². The Labute approximate surface area is 417 Å². The quantitative estimate of drug-likeness (QED) is 0.165. The van der Waals surface area contributed by atoms with Gasteiger partial charge in [-0.05, 0) is 138 Å². The number of phenolic OH excluding ortho intramolecular Hbond substituents is 1. The first-order valence-corrected chi connectivity index (χ1v) is 24.1. The van der Waals surface area contributed by atoms with Gasteiger partial charge in [-0.15, -0.1) is 0 Å². The largest absolute Gasteiger partial charge is 0.507 e. The minimum absolute atomic E-state index is 0.0776. The molecule has 0 atom stereocenters. The normalized spacial score (nSPS) is 14.2. The van der Waals surface area contributed by atoms with Gasteiger partial charge in [-0.2, -0.15) is 0 Å². The van der Waals surface area contributed by atoms with Crippen molar-refractivity contribution in [2.45, 2.75) is 144 Å². The maximum absolute atomic E-state index is 12.7. The Morgan fingerprint density at radius 1 is 0.515 bits per heavy atom. The lowest BCUT2D eigenvalue weighted by Crippen LogP contribution is -2.17. The van der Waals surface area contributed by atoms with Crippen LogP contribution in [-0.4, -0.2) is 19.6 Å². The number of rotatable bonds is 8. The second-order valence-corrected chi connectivity index (χ2v) is 23.3. The molecule has 0 radical (unpaired) electrons. The van der Waals surface area contributed by atoms with Crippen LogP contribution in [0.15, 0.2) is 133 Å². The molecule has 0 amide bonds. The van der Waals surface area contributed by atoms with Crippen LogP contribution in [0.25, 0.3) is 72.7 Å². The number of hydrogen-bond donors (Lipinski definition) is 1. The van der Waals surface area contributed by atoms with Gasteiger partial charge in [0.05, 0.1) is 37.6 Å². The van der Waals surface area contributed by atoms with Crippen molar-refractivity contribution >= 4 is 11.0 Å². The van der Waals surface area contributed by atoms with E-state index < -0.39 is 28.5 Å². The zero-order valence-electron chi connectivity index (χ0n) is 50.1. The van der Waals surface area contributed by atoms with Gasteiger partial charge in [0.2, 0.25) is 0 Å². The first kappa shape index (κ1) is 39.7. The van der Waals surface area contributed by atoms with Gasteiger partial charge >= 0.3 is 0 Å². The summed E-state index contributed by atoms with van der Waals surface area (Å²) in [4.78, 5) is 10.3. The smallest absolute Gasteiger partial charge is 0.149 e. The van der Waals surface area contributed by atoms with Crippen molar-refractivity contribution in [3.05, 3.63) is 167 Å². The average molecular weight is 907 g/mol. The first-order chi connectivity index (χ1) is 34.7. The molecule has 1 N–H and O–H groups in total. The Balaban J connectivity index is 1.50. The molecule has 350 valence electrons. The maximum atomic E-state index is 12.7. The van der Waals surface area contributed by atoms with Crippen LogP contribution in [0, 0.1) is 0 Å². The van der Waals surface area contributed by atoms with E-state index in [1.54, 1.807) is 0 Å². The molecule has 0 aliphatic rings. The van der Waals surface area contributed by atoms with Gasteiger partial charge in [-0.3, -0.25) is 9.55 Å². The van der Waals surface area contributed by atoms with Gasteiger partial charge in [0.15, 0.2) is 0 Å². The molecule has 6 aromatic carbocycles. The summed E-state index contributed by atoms with van der Waals surface area (Å²) in [6.45, 7) is 33.6. The number of benzene rings is 6. The molecule has 4 heteroatoms. The predicted octanol–water partition coefficient (Wildman–Crippen LogP) is 17.9. The van der Waals surface area contributed by atoms with Crippen molar-refractivity contribution in [2.24, 2.45) is 0 Å². The zero-order valence-corrected chi connectivity index (χ0v) is 43.1. The van der Waals surface area contributed by atoms with Gasteiger partial charge in [-0.25, -0.2) is 4.98 Å². The predicted molar refractivity (Wildman–Crippen MR) is 291 cm³/mol. The Hall–Kier alpha value is -6.26. The molecular weight excluding hydrogens is 827 g/mol. The van der Waals surface area contributed by atoms with Gasteiger partial charge < -0.3 is 5.11 Å². The van der Waals surface area contributed by atoms with E-state index in [1.165, 1.54) is 0 Å². The fraction of sp³-hybridized carbons (Fsp3) is 0.344. The van der Waals surface area contributed by atoms with E-state index in [0.29, 0.717) is 22.5 Å². The van der Waals surface area contributed by atoms with E-state index in [2.05, 4.69) is 160 Å². The van der Waals surface area contributed by atoms with Gasteiger partial charge in [0.1, 0.15) is 11.6 Å². The van der Waals surface area contributed by atoms with Crippen molar-refractivity contribution in [3.8, 4) is 67.5 Å². The number of aromatic hydroxyl groups is 1. The maximum Gasteiger partial charge on any atom is 0.149 e. The van der Waals surface area contributed by atoms with E-state index >= 15 is 0 Å². The highest BCUT2D eigenvalue weighted by Gasteiger charge is 2.31. The minimum Gasteiger partial charge on any atom is -0.507 e. The third-order valence-corrected chi connectivity index (χ3v) is 13.1. The van der Waals surface area contributed by atoms with Crippen LogP contribution in [0.1, 0.15) is 166 Å². The Morgan fingerprint density at radius 2 is 1.10 bits per heavy atom. The number of imidazole rings is 1. The van der Waals surface area contributed by atoms with Crippen LogP contribution in [0.4, 0.5) is 0 Å². The zero-order chi connectivity index (χ0) is 55.3. The Morgan fingerprint density at radius 3 is 1.68 bits per heavy atom. The molecule has 0 fully saturated rings. The van der Waals surface area contributed by atoms with Gasteiger partial charge in [0, 0.05) is 22.9 Å². The second kappa shape index (κ2) is 17.7. The van der Waals surface area contributed by atoms with E-state index in [-0.39, 0.29) is 75.6 Å². The van der Waals surface area contributed by atoms with E-state index in [1.807, 2.05) is 51.1 Å². The topological polar surface area (TPSA) is 50.9 Å². The molecule has 0 aliphatic carbocycles. The van der Waals surface area contributed by atoms with Crippen molar-refractivity contribution in [3.63, 3.8) is 0 Å². The summed E-state index contributed by atoms with van der Waals surface area (Å²) in [5.74, 6) is 0.940. The fourth-order valence-electron chi connectivity index (χ4n) is 8.91. The van der Waals surface area contributed by atoms with Crippen molar-refractivity contribution < 1.29 is 14.7 Å². The number of pyridine rings is 1. The lowest BCUT2D eigenvalue weighted by Gasteiger charge is -2.28. The summed E-state index contributed by atoms with van der Waals surface area (Å²) >= 11 is 0. The van der Waals surface area contributed by atoms with E-state index in [4.69, 9.17) is 13.2 Å². The summed E-state index contributed by atoms with van der Waals surface area (Å²) in [5.41, 5.74) is 10.6. The molecular formula is C64H73N3O. The standard InChI is InChI=1S/C64H73N3O/c1-39(2)51-34-44(41-21-18-17-19-22-41)35-52(40(3)4)58(51)67-56-24-20-23-50(57(56)66-60(67)53-37-49(63(11,12)13)38-54(59(53)68)64(14,15)16)45-31-46(33-48(32-45)62(8,9)10)55-36-43(29-30-65-55)42-25-27-47(28-26-42)61(5,6)7/h17-40,68H,1-16H3/i25D,26D,27D,28D,29D,30D,36D. The third kappa shape index (κ3) is 9.44. The average Bonchev–Trinajstić information content (AvgIpc) is 3.70. The molecule has 2 aromatic heterocycles. The van der Waals surface area contributed by atoms with Crippen LogP contribution in [-0.2, 0) is 21.7 Å². The van der Waals surface area contributed by atoms with Crippen molar-refractivity contribution in [2.75, 3.05) is 0 Å². The molecule has 0 aliphatic heterocycles.